The first-order valence-electron chi connectivity index (χ1n) is 10.4. The number of methoxy groups -OCH3 is 1. The van der Waals surface area contributed by atoms with Gasteiger partial charge in [0, 0.05) is 32.7 Å². The number of carbonyl (C=O) groups excluding carboxylic acids is 1. The number of ether oxygens (including phenoxy) is 1. The van der Waals surface area contributed by atoms with Crippen LogP contribution in [0.25, 0.3) is 10.2 Å². The summed E-state index contributed by atoms with van der Waals surface area (Å²) in [6, 6.07) is 12.2. The van der Waals surface area contributed by atoms with Gasteiger partial charge < -0.3 is 9.64 Å². The average molecular weight is 476 g/mol. The van der Waals surface area contributed by atoms with Gasteiger partial charge in [-0.3, -0.25) is 14.2 Å². The van der Waals surface area contributed by atoms with Crippen LogP contribution >= 0.6 is 11.3 Å². The molecule has 170 valence electrons. The number of hydrogen-bond acceptors (Lipinski definition) is 6. The Hall–Kier alpha value is -2.69. The summed E-state index contributed by atoms with van der Waals surface area (Å²) >= 11 is 1.05. The summed E-state index contributed by atoms with van der Waals surface area (Å²) in [6.45, 7) is 3.58. The molecule has 0 unspecified atom stereocenters. The number of carbonyl (C=O) groups is 1. The van der Waals surface area contributed by atoms with Crippen LogP contribution in [0.2, 0.25) is 0 Å². The number of thiazole rings is 1. The fourth-order valence-corrected chi connectivity index (χ4v) is 6.38. The van der Waals surface area contributed by atoms with Crippen molar-refractivity contribution in [2.24, 2.45) is 0 Å². The number of amides is 1. The fraction of sp³-hybridized carbons (Fsp3) is 0.364. The molecule has 32 heavy (non-hydrogen) atoms. The van der Waals surface area contributed by atoms with Crippen molar-refractivity contribution in [1.82, 2.24) is 13.8 Å². The van der Waals surface area contributed by atoms with Gasteiger partial charge >= 0.3 is 4.87 Å². The Morgan fingerprint density at radius 1 is 1.06 bits per heavy atom. The van der Waals surface area contributed by atoms with Crippen LogP contribution in [0.4, 0.5) is 0 Å². The Labute approximate surface area is 190 Å². The molecule has 1 fully saturated rings. The first kappa shape index (κ1) is 22.5. The molecular weight excluding hydrogens is 450 g/mol. The van der Waals surface area contributed by atoms with Gasteiger partial charge in [0.2, 0.25) is 15.9 Å². The van der Waals surface area contributed by atoms with Crippen LogP contribution in [-0.4, -0.2) is 61.4 Å². The minimum absolute atomic E-state index is 0.0284. The summed E-state index contributed by atoms with van der Waals surface area (Å²) in [5.41, 5.74) is 1.63. The molecule has 0 radical (unpaired) electrons. The van der Waals surface area contributed by atoms with E-state index in [1.54, 1.807) is 34.8 Å². The standard InChI is InChI=1S/C22H25N3O5S2/c1-3-25-19-9-8-18(15-20(19)31-22(25)27)32(28,29)24-12-10-23(11-13-24)21(26)14-16-4-6-17(30-2)7-5-16/h4-9,15H,3,10-14H2,1-2H3. The number of aromatic nitrogens is 1. The molecule has 1 aromatic heterocycles. The summed E-state index contributed by atoms with van der Waals surface area (Å²) in [7, 11) is -2.11. The van der Waals surface area contributed by atoms with Crippen LogP contribution in [0.15, 0.2) is 52.2 Å². The van der Waals surface area contributed by atoms with Crippen LogP contribution in [0.1, 0.15) is 12.5 Å². The first-order valence-corrected chi connectivity index (χ1v) is 12.6. The molecule has 2 heterocycles. The van der Waals surface area contributed by atoms with Crippen molar-refractivity contribution >= 4 is 37.5 Å². The van der Waals surface area contributed by atoms with E-state index in [4.69, 9.17) is 4.74 Å². The molecule has 0 N–H and O–H groups in total. The normalized spacial score (nSPS) is 15.2. The quantitative estimate of drug-likeness (QED) is 0.545. The second-order valence-corrected chi connectivity index (χ2v) is 10.5. The highest BCUT2D eigenvalue weighted by molar-refractivity contribution is 7.89. The molecule has 1 aliphatic rings. The lowest BCUT2D eigenvalue weighted by atomic mass is 10.1. The molecule has 0 atom stereocenters. The van der Waals surface area contributed by atoms with Crippen molar-refractivity contribution < 1.29 is 17.9 Å². The number of rotatable bonds is 6. The summed E-state index contributed by atoms with van der Waals surface area (Å²) in [5, 5.41) is 0. The van der Waals surface area contributed by atoms with E-state index >= 15 is 0 Å². The third-order valence-corrected chi connectivity index (χ3v) is 8.54. The molecule has 1 saturated heterocycles. The van der Waals surface area contributed by atoms with E-state index in [9.17, 15) is 18.0 Å². The van der Waals surface area contributed by atoms with Crippen molar-refractivity contribution in [2.75, 3.05) is 33.3 Å². The summed E-state index contributed by atoms with van der Waals surface area (Å²) < 4.78 is 35.1. The highest BCUT2D eigenvalue weighted by atomic mass is 32.2. The van der Waals surface area contributed by atoms with Crippen LogP contribution in [-0.2, 0) is 27.8 Å². The molecule has 0 saturated carbocycles. The molecular formula is C22H25N3O5S2. The number of hydrogen-bond donors (Lipinski definition) is 0. The van der Waals surface area contributed by atoms with Gasteiger partial charge in [0.1, 0.15) is 5.75 Å². The maximum absolute atomic E-state index is 13.2. The number of sulfonamides is 1. The summed E-state index contributed by atoms with van der Waals surface area (Å²) in [6.07, 6.45) is 0.265. The lowest BCUT2D eigenvalue weighted by Crippen LogP contribution is -2.50. The zero-order valence-electron chi connectivity index (χ0n) is 18.0. The Balaban J connectivity index is 1.43. The lowest BCUT2D eigenvalue weighted by molar-refractivity contribution is -0.131. The van der Waals surface area contributed by atoms with E-state index in [-0.39, 0.29) is 35.2 Å². The number of nitrogens with zero attached hydrogens (tertiary/aromatic N) is 3. The molecule has 10 heteroatoms. The Bertz CT molecular complexity index is 1290. The van der Waals surface area contributed by atoms with Crippen molar-refractivity contribution in [3.05, 3.63) is 57.7 Å². The lowest BCUT2D eigenvalue weighted by Gasteiger charge is -2.34. The van der Waals surface area contributed by atoms with Crippen LogP contribution in [0.5, 0.6) is 5.75 Å². The van der Waals surface area contributed by atoms with Crippen molar-refractivity contribution in [2.45, 2.75) is 24.8 Å². The zero-order valence-corrected chi connectivity index (χ0v) is 19.6. The molecule has 0 bridgehead atoms. The minimum atomic E-state index is -3.70. The highest BCUT2D eigenvalue weighted by Gasteiger charge is 2.30. The Kier molecular flexibility index (Phi) is 6.36. The maximum Gasteiger partial charge on any atom is 0.308 e. The highest BCUT2D eigenvalue weighted by Crippen LogP contribution is 2.25. The van der Waals surface area contributed by atoms with E-state index in [0.717, 1.165) is 28.2 Å². The largest absolute Gasteiger partial charge is 0.497 e. The van der Waals surface area contributed by atoms with Crippen LogP contribution in [0, 0.1) is 0 Å². The number of aryl methyl sites for hydroxylation is 1. The van der Waals surface area contributed by atoms with Crippen LogP contribution < -0.4 is 9.61 Å². The second-order valence-electron chi connectivity index (χ2n) is 7.55. The third-order valence-electron chi connectivity index (χ3n) is 5.70. The minimum Gasteiger partial charge on any atom is -0.497 e. The summed E-state index contributed by atoms with van der Waals surface area (Å²) in [5.74, 6) is 0.705. The van der Waals surface area contributed by atoms with E-state index in [1.807, 2.05) is 31.2 Å². The van der Waals surface area contributed by atoms with E-state index < -0.39 is 10.0 Å². The monoisotopic (exact) mass is 475 g/mol. The molecule has 3 aromatic rings. The van der Waals surface area contributed by atoms with E-state index in [0.29, 0.717) is 24.3 Å². The van der Waals surface area contributed by atoms with Crippen molar-refractivity contribution in [1.29, 1.82) is 0 Å². The number of fused-ring (bicyclic) bond motifs is 1. The van der Waals surface area contributed by atoms with Crippen molar-refractivity contribution in [3.8, 4) is 5.75 Å². The van der Waals surface area contributed by atoms with Gasteiger partial charge in [-0.25, -0.2) is 8.42 Å². The topological polar surface area (TPSA) is 88.9 Å². The Morgan fingerprint density at radius 2 is 1.75 bits per heavy atom. The molecule has 2 aromatic carbocycles. The van der Waals surface area contributed by atoms with Gasteiger partial charge in [0.05, 0.1) is 28.6 Å². The van der Waals surface area contributed by atoms with E-state index in [1.165, 1.54) is 4.31 Å². The first-order chi connectivity index (χ1) is 15.3. The number of benzene rings is 2. The maximum atomic E-state index is 13.2. The molecule has 0 aliphatic carbocycles. The van der Waals surface area contributed by atoms with Gasteiger partial charge in [-0.15, -0.1) is 0 Å². The smallest absolute Gasteiger partial charge is 0.308 e. The second kappa shape index (κ2) is 9.05. The molecule has 8 nitrogen and oxygen atoms in total. The van der Waals surface area contributed by atoms with Gasteiger partial charge in [0.15, 0.2) is 0 Å². The van der Waals surface area contributed by atoms with Gasteiger partial charge in [-0.1, -0.05) is 23.5 Å². The van der Waals surface area contributed by atoms with E-state index in [2.05, 4.69) is 0 Å². The molecule has 1 aliphatic heterocycles. The van der Waals surface area contributed by atoms with Gasteiger partial charge in [-0.05, 0) is 42.8 Å². The van der Waals surface area contributed by atoms with Crippen LogP contribution in [0.3, 0.4) is 0 Å². The molecule has 0 spiro atoms. The predicted molar refractivity (Wildman–Crippen MR) is 124 cm³/mol. The van der Waals surface area contributed by atoms with Crippen molar-refractivity contribution in [3.63, 3.8) is 0 Å². The Morgan fingerprint density at radius 3 is 2.38 bits per heavy atom. The predicted octanol–water partition coefficient (Wildman–Crippen LogP) is 2.17. The fourth-order valence-electron chi connectivity index (χ4n) is 3.86. The number of piperazine rings is 1. The zero-order chi connectivity index (χ0) is 22.9. The molecule has 1 amide bonds. The van der Waals surface area contributed by atoms with Gasteiger partial charge in [-0.2, -0.15) is 4.31 Å². The summed E-state index contributed by atoms with van der Waals surface area (Å²) in [4.78, 5) is 26.5. The molecule has 4 rings (SSSR count). The SMILES string of the molecule is CCn1c(=O)sc2cc(S(=O)(=O)N3CCN(C(=O)Cc4ccc(OC)cc4)CC3)ccc21. The third kappa shape index (κ3) is 4.30. The van der Waals surface area contributed by atoms with Gasteiger partial charge in [0.25, 0.3) is 0 Å². The average Bonchev–Trinajstić information content (AvgIpc) is 3.13.